The van der Waals surface area contributed by atoms with Gasteiger partial charge in [0.25, 0.3) is 0 Å². The van der Waals surface area contributed by atoms with Gasteiger partial charge in [0.1, 0.15) is 0 Å². The van der Waals surface area contributed by atoms with Crippen LogP contribution in [-0.4, -0.2) is 49.6 Å². The highest BCUT2D eigenvalue weighted by atomic mass is 16.2. The smallest absolute Gasteiger partial charge is 0.237 e. The quantitative estimate of drug-likeness (QED) is 0.808. The summed E-state index contributed by atoms with van der Waals surface area (Å²) in [6.45, 7) is 6.12. The number of likely N-dealkylation sites (N-methyl/N-ethyl adjacent to an activating group) is 1. The van der Waals surface area contributed by atoms with E-state index in [1.54, 1.807) is 0 Å². The first-order valence-corrected chi connectivity index (χ1v) is 7.56. The molecule has 2 aliphatic rings. The summed E-state index contributed by atoms with van der Waals surface area (Å²) in [5.74, 6) is 0.179. The molecule has 1 heterocycles. The van der Waals surface area contributed by atoms with Crippen LogP contribution in [0.1, 0.15) is 46.0 Å². The van der Waals surface area contributed by atoms with Crippen LogP contribution in [0.15, 0.2) is 0 Å². The minimum absolute atomic E-state index is 0.0412. The number of amides is 1. The lowest BCUT2D eigenvalue weighted by Crippen LogP contribution is -2.61. The fraction of sp³-hybridized carbons (Fsp3) is 0.933. The maximum absolute atomic E-state index is 12.4. The van der Waals surface area contributed by atoms with Crippen LogP contribution in [0, 0.1) is 5.41 Å². The van der Waals surface area contributed by atoms with Crippen molar-refractivity contribution in [3.05, 3.63) is 0 Å². The minimum Gasteiger partial charge on any atom is -0.353 e. The van der Waals surface area contributed by atoms with Crippen LogP contribution in [0.5, 0.6) is 0 Å². The zero-order valence-corrected chi connectivity index (χ0v) is 12.9. The Morgan fingerprint density at radius 3 is 2.42 bits per heavy atom. The molecule has 2 N–H and O–H groups in total. The molecule has 1 saturated heterocycles. The Bertz CT molecular complexity index is 334. The van der Waals surface area contributed by atoms with Crippen LogP contribution in [0.2, 0.25) is 0 Å². The topological polar surface area (TPSA) is 44.4 Å². The molecule has 1 amide bonds. The molecular weight excluding hydrogens is 238 g/mol. The average Bonchev–Trinajstić information content (AvgIpc) is 2.26. The molecule has 0 bridgehead atoms. The second-order valence-corrected chi connectivity index (χ2v) is 7.17. The molecular formula is C15H29N3O. The van der Waals surface area contributed by atoms with E-state index < -0.39 is 0 Å². The van der Waals surface area contributed by atoms with Gasteiger partial charge < -0.3 is 15.5 Å². The number of hydrogen-bond acceptors (Lipinski definition) is 3. The third kappa shape index (κ3) is 2.95. The summed E-state index contributed by atoms with van der Waals surface area (Å²) < 4.78 is 0. The van der Waals surface area contributed by atoms with Gasteiger partial charge in [0.2, 0.25) is 5.91 Å². The van der Waals surface area contributed by atoms with Gasteiger partial charge >= 0.3 is 0 Å². The van der Waals surface area contributed by atoms with Gasteiger partial charge in [-0.1, -0.05) is 13.8 Å². The van der Waals surface area contributed by atoms with Crippen molar-refractivity contribution in [3.63, 3.8) is 0 Å². The number of carbonyl (C=O) groups is 1. The monoisotopic (exact) mass is 267 g/mol. The number of nitrogens with one attached hydrogen (secondary N) is 2. The minimum atomic E-state index is -0.0412. The van der Waals surface area contributed by atoms with E-state index >= 15 is 0 Å². The van der Waals surface area contributed by atoms with Gasteiger partial charge in [-0.15, -0.1) is 0 Å². The van der Waals surface area contributed by atoms with Gasteiger partial charge in [0.15, 0.2) is 0 Å². The van der Waals surface area contributed by atoms with E-state index in [2.05, 4.69) is 43.5 Å². The number of piperidine rings is 1. The Morgan fingerprint density at radius 2 is 1.95 bits per heavy atom. The molecule has 19 heavy (non-hydrogen) atoms. The molecule has 1 aliphatic heterocycles. The second kappa shape index (κ2) is 5.41. The van der Waals surface area contributed by atoms with Gasteiger partial charge in [-0.2, -0.15) is 0 Å². The average molecular weight is 267 g/mol. The molecule has 1 atom stereocenters. The van der Waals surface area contributed by atoms with Gasteiger partial charge in [-0.25, -0.2) is 0 Å². The lowest BCUT2D eigenvalue weighted by molar-refractivity contribution is -0.127. The highest BCUT2D eigenvalue weighted by Gasteiger charge is 2.41. The zero-order valence-electron chi connectivity index (χ0n) is 12.9. The van der Waals surface area contributed by atoms with Crippen molar-refractivity contribution >= 4 is 5.91 Å². The molecule has 4 heteroatoms. The Balaban J connectivity index is 1.90. The van der Waals surface area contributed by atoms with Gasteiger partial charge in [-0.3, -0.25) is 4.79 Å². The Morgan fingerprint density at radius 1 is 1.26 bits per heavy atom. The van der Waals surface area contributed by atoms with Gasteiger partial charge in [0, 0.05) is 12.1 Å². The molecule has 0 aromatic heterocycles. The highest BCUT2D eigenvalue weighted by molar-refractivity contribution is 5.82. The third-order valence-corrected chi connectivity index (χ3v) is 5.21. The number of carbonyl (C=O) groups excluding carboxylic acids is 1. The number of hydrogen-bond donors (Lipinski definition) is 2. The van der Waals surface area contributed by atoms with Crippen LogP contribution >= 0.6 is 0 Å². The van der Waals surface area contributed by atoms with Crippen molar-refractivity contribution in [2.24, 2.45) is 5.41 Å². The summed E-state index contributed by atoms with van der Waals surface area (Å²) in [6.07, 6.45) is 5.96. The predicted octanol–water partition coefficient (Wildman–Crippen LogP) is 1.37. The van der Waals surface area contributed by atoms with Crippen LogP contribution in [-0.2, 0) is 4.79 Å². The Hall–Kier alpha value is -0.610. The first-order valence-electron chi connectivity index (χ1n) is 7.56. The Kier molecular flexibility index (Phi) is 4.21. The maximum atomic E-state index is 12.4. The summed E-state index contributed by atoms with van der Waals surface area (Å²) in [7, 11) is 4.24. The second-order valence-electron chi connectivity index (χ2n) is 7.17. The van der Waals surface area contributed by atoms with E-state index in [1.165, 1.54) is 25.7 Å². The maximum Gasteiger partial charge on any atom is 0.237 e. The largest absolute Gasteiger partial charge is 0.353 e. The van der Waals surface area contributed by atoms with E-state index in [-0.39, 0.29) is 22.9 Å². The van der Waals surface area contributed by atoms with Crippen LogP contribution in [0.4, 0.5) is 0 Å². The predicted molar refractivity (Wildman–Crippen MR) is 78.1 cm³/mol. The molecule has 2 rings (SSSR count). The van der Waals surface area contributed by atoms with Crippen LogP contribution < -0.4 is 10.6 Å². The number of rotatable bonds is 4. The first kappa shape index (κ1) is 14.8. The molecule has 110 valence electrons. The fourth-order valence-corrected chi connectivity index (χ4v) is 3.38. The molecule has 0 spiro atoms. The molecule has 0 aromatic rings. The van der Waals surface area contributed by atoms with E-state index in [1.807, 2.05) is 0 Å². The lowest BCUT2D eigenvalue weighted by atomic mass is 9.75. The highest BCUT2D eigenvalue weighted by Crippen LogP contribution is 2.36. The summed E-state index contributed by atoms with van der Waals surface area (Å²) >= 11 is 0. The van der Waals surface area contributed by atoms with Gasteiger partial charge in [0.05, 0.1) is 6.04 Å². The van der Waals surface area contributed by atoms with Crippen molar-refractivity contribution in [3.8, 4) is 0 Å². The first-order chi connectivity index (χ1) is 8.87. The van der Waals surface area contributed by atoms with Crippen molar-refractivity contribution < 1.29 is 4.79 Å². The van der Waals surface area contributed by atoms with E-state index in [9.17, 15) is 4.79 Å². The molecule has 1 unspecified atom stereocenters. The van der Waals surface area contributed by atoms with Crippen molar-refractivity contribution in [1.29, 1.82) is 0 Å². The molecule has 0 radical (unpaired) electrons. The standard InChI is InChI=1S/C15H29N3O/c1-14(2)7-6-10-16-12(14)13(19)17-11-15(18(3)4)8-5-9-15/h12,16H,5-11H2,1-4H3,(H,17,19). The lowest BCUT2D eigenvalue weighted by Gasteiger charge is -2.48. The molecule has 1 aliphatic carbocycles. The fourth-order valence-electron chi connectivity index (χ4n) is 3.38. The van der Waals surface area contributed by atoms with Crippen molar-refractivity contribution in [1.82, 2.24) is 15.5 Å². The van der Waals surface area contributed by atoms with Gasteiger partial charge in [-0.05, 0) is 58.2 Å². The summed E-state index contributed by atoms with van der Waals surface area (Å²) in [4.78, 5) is 14.7. The van der Waals surface area contributed by atoms with Crippen LogP contribution in [0.3, 0.4) is 0 Å². The molecule has 4 nitrogen and oxygen atoms in total. The van der Waals surface area contributed by atoms with E-state index in [4.69, 9.17) is 0 Å². The SMILES string of the molecule is CN(C)C1(CNC(=O)C2NCCCC2(C)C)CCC1. The zero-order chi connectivity index (χ0) is 14.1. The van der Waals surface area contributed by atoms with Crippen molar-refractivity contribution in [2.75, 3.05) is 27.2 Å². The summed E-state index contributed by atoms with van der Waals surface area (Å²) in [5.41, 5.74) is 0.266. The van der Waals surface area contributed by atoms with E-state index in [0.29, 0.717) is 0 Å². The van der Waals surface area contributed by atoms with Crippen LogP contribution in [0.25, 0.3) is 0 Å². The summed E-state index contributed by atoms with van der Waals surface area (Å²) in [6, 6.07) is -0.0412. The Labute approximate surface area is 117 Å². The van der Waals surface area contributed by atoms with E-state index in [0.717, 1.165) is 19.5 Å². The normalized spacial score (nSPS) is 28.8. The molecule has 2 fully saturated rings. The molecule has 1 saturated carbocycles. The van der Waals surface area contributed by atoms with Crippen molar-refractivity contribution in [2.45, 2.75) is 57.5 Å². The third-order valence-electron chi connectivity index (χ3n) is 5.21. The number of nitrogens with zero attached hydrogens (tertiary/aromatic N) is 1. The summed E-state index contributed by atoms with van der Waals surface area (Å²) in [5, 5.41) is 6.57. The molecule has 0 aromatic carbocycles.